The van der Waals surface area contributed by atoms with Crippen LogP contribution in [0.4, 0.5) is 4.39 Å². The Morgan fingerprint density at radius 3 is 2.54 bits per heavy atom. The highest BCUT2D eigenvalue weighted by atomic mass is 19.1. The van der Waals surface area contributed by atoms with Crippen molar-refractivity contribution in [1.82, 2.24) is 5.43 Å². The fourth-order valence-electron chi connectivity index (χ4n) is 9.52. The van der Waals surface area contributed by atoms with Crippen LogP contribution in [0.15, 0.2) is 29.4 Å². The van der Waals surface area contributed by atoms with Gasteiger partial charge in [-0.3, -0.25) is 4.79 Å². The number of carbonyl (C=O) groups excluding carboxylic acids is 1. The van der Waals surface area contributed by atoms with Gasteiger partial charge in [-0.25, -0.2) is 9.82 Å². The Labute approximate surface area is 221 Å². The zero-order valence-corrected chi connectivity index (χ0v) is 22.7. The Bertz CT molecular complexity index is 999. The summed E-state index contributed by atoms with van der Waals surface area (Å²) < 4.78 is 13.0. The Balaban J connectivity index is 1.19. The number of nitrogens with zero attached hydrogens (tertiary/aromatic N) is 1. The first kappa shape index (κ1) is 26.8. The van der Waals surface area contributed by atoms with Crippen molar-refractivity contribution >= 4 is 12.1 Å². The van der Waals surface area contributed by atoms with Gasteiger partial charge in [-0.2, -0.15) is 5.10 Å². The number of aliphatic hydroxyl groups is 2. The van der Waals surface area contributed by atoms with Crippen LogP contribution in [0, 0.1) is 52.2 Å². The number of hydrogen-bond acceptors (Lipinski definition) is 4. The van der Waals surface area contributed by atoms with Crippen LogP contribution in [0.25, 0.3) is 0 Å². The van der Waals surface area contributed by atoms with Crippen LogP contribution < -0.4 is 5.43 Å². The van der Waals surface area contributed by atoms with E-state index in [1.165, 1.54) is 44.0 Å². The molecule has 1 aromatic rings. The maximum Gasteiger partial charge on any atom is 0.240 e. The van der Waals surface area contributed by atoms with Crippen molar-refractivity contribution < 1.29 is 19.4 Å². The van der Waals surface area contributed by atoms with Crippen LogP contribution in [0.3, 0.4) is 0 Å². The molecule has 5 nitrogen and oxygen atoms in total. The molecule has 5 rings (SSSR count). The lowest BCUT2D eigenvalue weighted by Gasteiger charge is -2.62. The first-order valence-electron chi connectivity index (χ1n) is 14.6. The van der Waals surface area contributed by atoms with E-state index in [-0.39, 0.29) is 34.8 Å². The lowest BCUT2D eigenvalue weighted by Crippen LogP contribution is -2.58. The molecule has 3 N–H and O–H groups in total. The monoisotopic (exact) mass is 512 g/mol. The van der Waals surface area contributed by atoms with Crippen molar-refractivity contribution in [1.29, 1.82) is 0 Å². The number of benzene rings is 1. The molecule has 0 aromatic heterocycles. The topological polar surface area (TPSA) is 81.9 Å². The van der Waals surface area contributed by atoms with Crippen molar-refractivity contribution in [2.24, 2.45) is 51.4 Å². The Morgan fingerprint density at radius 1 is 1.08 bits per heavy atom. The van der Waals surface area contributed by atoms with Gasteiger partial charge < -0.3 is 10.2 Å². The van der Waals surface area contributed by atoms with E-state index in [1.807, 2.05) is 0 Å². The van der Waals surface area contributed by atoms with E-state index in [0.717, 1.165) is 37.7 Å². The standard InChI is InChI=1S/C31H45FN2O3/c1-19(4-11-28(37)34-33-18-20-5-7-22(32)8-6-20)24-9-10-25-29-26(13-15-31(24,25)3)30(2)14-12-23(35)16-21(30)17-27(29)36/h5-8,18-19,21,23-27,29,35-36H,4,9-17H2,1-3H3,(H,34,37)/b33-18-/t19-,21-,23+,24+,25-,26-,27-,29-,30+,31-/m1/s1. The van der Waals surface area contributed by atoms with E-state index >= 15 is 0 Å². The summed E-state index contributed by atoms with van der Waals surface area (Å²) in [6.45, 7) is 7.24. The fourth-order valence-corrected chi connectivity index (χ4v) is 9.52. The second kappa shape index (κ2) is 10.4. The molecular formula is C31H45FN2O3. The van der Waals surface area contributed by atoms with E-state index in [9.17, 15) is 19.4 Å². The highest BCUT2D eigenvalue weighted by molar-refractivity contribution is 5.82. The average molecular weight is 513 g/mol. The molecule has 0 bridgehead atoms. The molecule has 0 heterocycles. The SMILES string of the molecule is C[C@H](CCC(=O)N/N=C\c1ccc(F)cc1)[C@@H]1CC[C@@H]2[C@H]3[C@H](O)C[C@H]4C[C@@H](O)CC[C@]4(C)[C@@H]3CC[C@@]21C. The van der Waals surface area contributed by atoms with Crippen LogP contribution in [-0.4, -0.2) is 34.5 Å². The molecule has 4 fully saturated rings. The lowest BCUT2D eigenvalue weighted by atomic mass is 9.43. The van der Waals surface area contributed by atoms with Gasteiger partial charge in [-0.1, -0.05) is 32.9 Å². The van der Waals surface area contributed by atoms with E-state index in [4.69, 9.17) is 0 Å². The molecule has 0 aliphatic heterocycles. The molecule has 6 heteroatoms. The molecule has 4 aliphatic rings. The summed E-state index contributed by atoms with van der Waals surface area (Å²) in [4.78, 5) is 12.5. The zero-order chi connectivity index (χ0) is 26.4. The Kier molecular flexibility index (Phi) is 7.54. The van der Waals surface area contributed by atoms with Crippen LogP contribution >= 0.6 is 0 Å². The van der Waals surface area contributed by atoms with Gasteiger partial charge in [0, 0.05) is 6.42 Å². The van der Waals surface area contributed by atoms with Crippen molar-refractivity contribution in [3.8, 4) is 0 Å². The summed E-state index contributed by atoms with van der Waals surface area (Å²) in [5, 5.41) is 25.8. The van der Waals surface area contributed by atoms with Gasteiger partial charge in [-0.05, 0) is 122 Å². The Morgan fingerprint density at radius 2 is 1.78 bits per heavy atom. The molecule has 0 radical (unpaired) electrons. The van der Waals surface area contributed by atoms with Gasteiger partial charge in [0.2, 0.25) is 5.91 Å². The van der Waals surface area contributed by atoms with Crippen LogP contribution in [0.2, 0.25) is 0 Å². The average Bonchev–Trinajstić information content (AvgIpc) is 3.22. The quantitative estimate of drug-likeness (QED) is 0.339. The molecule has 4 saturated carbocycles. The largest absolute Gasteiger partial charge is 0.393 e. The summed E-state index contributed by atoms with van der Waals surface area (Å²) in [6, 6.07) is 6.00. The third kappa shape index (κ3) is 5.01. The number of rotatable bonds is 6. The second-order valence-corrected chi connectivity index (χ2v) is 13.3. The zero-order valence-electron chi connectivity index (χ0n) is 22.7. The summed E-state index contributed by atoms with van der Waals surface area (Å²) >= 11 is 0. The molecule has 4 aliphatic carbocycles. The van der Waals surface area contributed by atoms with Crippen LogP contribution in [0.5, 0.6) is 0 Å². The van der Waals surface area contributed by atoms with E-state index in [1.54, 1.807) is 12.1 Å². The second-order valence-electron chi connectivity index (χ2n) is 13.3. The summed E-state index contributed by atoms with van der Waals surface area (Å²) in [5.74, 6) is 2.55. The molecule has 0 spiro atoms. The normalized spacial score (nSPS) is 42.1. The van der Waals surface area contributed by atoms with Crippen molar-refractivity contribution in [3.05, 3.63) is 35.6 Å². The number of amides is 1. The number of hydrogen-bond donors (Lipinski definition) is 3. The highest BCUT2D eigenvalue weighted by Crippen LogP contribution is 2.68. The molecule has 1 aromatic carbocycles. The third-order valence-electron chi connectivity index (χ3n) is 11.5. The first-order valence-corrected chi connectivity index (χ1v) is 14.6. The van der Waals surface area contributed by atoms with Gasteiger partial charge in [0.15, 0.2) is 0 Å². The number of halogens is 1. The summed E-state index contributed by atoms with van der Waals surface area (Å²) in [5.41, 5.74) is 3.83. The predicted octanol–water partition coefficient (Wildman–Crippen LogP) is 5.68. The number of hydrazone groups is 1. The molecule has 10 atom stereocenters. The maximum atomic E-state index is 13.0. The van der Waals surface area contributed by atoms with Gasteiger partial charge in [0.05, 0.1) is 18.4 Å². The molecule has 1 amide bonds. The van der Waals surface area contributed by atoms with E-state index in [0.29, 0.717) is 41.9 Å². The molecule has 0 saturated heterocycles. The number of fused-ring (bicyclic) bond motifs is 5. The van der Waals surface area contributed by atoms with Gasteiger partial charge in [-0.15, -0.1) is 0 Å². The minimum Gasteiger partial charge on any atom is -0.393 e. The van der Waals surface area contributed by atoms with Crippen molar-refractivity contribution in [2.75, 3.05) is 0 Å². The van der Waals surface area contributed by atoms with Gasteiger partial charge >= 0.3 is 0 Å². The minimum atomic E-state index is -0.295. The maximum absolute atomic E-state index is 13.0. The smallest absolute Gasteiger partial charge is 0.240 e. The van der Waals surface area contributed by atoms with Crippen LogP contribution in [-0.2, 0) is 4.79 Å². The fraction of sp³-hybridized carbons (Fsp3) is 0.742. The van der Waals surface area contributed by atoms with E-state index < -0.39 is 0 Å². The van der Waals surface area contributed by atoms with Crippen molar-refractivity contribution in [2.45, 2.75) is 97.2 Å². The molecule has 0 unspecified atom stereocenters. The molecule has 204 valence electrons. The molecular weight excluding hydrogens is 467 g/mol. The summed E-state index contributed by atoms with van der Waals surface area (Å²) in [7, 11) is 0. The Hall–Kier alpha value is -1.79. The third-order valence-corrected chi connectivity index (χ3v) is 11.5. The predicted molar refractivity (Wildman–Crippen MR) is 143 cm³/mol. The molecule has 37 heavy (non-hydrogen) atoms. The van der Waals surface area contributed by atoms with Gasteiger partial charge in [0.25, 0.3) is 0 Å². The number of aliphatic hydroxyl groups excluding tert-OH is 2. The number of carbonyl (C=O) groups is 1. The van der Waals surface area contributed by atoms with Crippen LogP contribution in [0.1, 0.15) is 90.5 Å². The number of nitrogens with one attached hydrogen (secondary N) is 1. The van der Waals surface area contributed by atoms with Crippen molar-refractivity contribution in [3.63, 3.8) is 0 Å². The minimum absolute atomic E-state index is 0.0882. The van der Waals surface area contributed by atoms with Gasteiger partial charge in [0.1, 0.15) is 5.82 Å². The lowest BCUT2D eigenvalue weighted by molar-refractivity contribution is -0.174. The highest BCUT2D eigenvalue weighted by Gasteiger charge is 2.62. The van der Waals surface area contributed by atoms with E-state index in [2.05, 4.69) is 31.3 Å². The first-order chi connectivity index (χ1) is 17.6. The summed E-state index contributed by atoms with van der Waals surface area (Å²) in [6.07, 6.45) is 10.8.